The molecule has 0 saturated heterocycles. The Labute approximate surface area is 179 Å². The molecule has 7 nitrogen and oxygen atoms in total. The van der Waals surface area contributed by atoms with E-state index in [1.54, 1.807) is 20.2 Å². The Morgan fingerprint density at radius 3 is 2.73 bits per heavy atom. The number of anilines is 1. The fraction of sp³-hybridized carbons (Fsp3) is 0.227. The first kappa shape index (κ1) is 21.3. The van der Waals surface area contributed by atoms with Gasteiger partial charge in [-0.3, -0.25) is 5.43 Å². The highest BCUT2D eigenvalue weighted by atomic mass is 32.1. The fourth-order valence-electron chi connectivity index (χ4n) is 2.79. The summed E-state index contributed by atoms with van der Waals surface area (Å²) in [6.07, 6.45) is 1.63. The number of carbonyl (C=O) groups excluding carboxylic acids is 1. The highest BCUT2D eigenvalue weighted by Gasteiger charge is 2.15. The van der Waals surface area contributed by atoms with Gasteiger partial charge < -0.3 is 14.2 Å². The van der Waals surface area contributed by atoms with Crippen LogP contribution in [0.5, 0.6) is 11.5 Å². The van der Waals surface area contributed by atoms with Gasteiger partial charge >= 0.3 is 5.97 Å². The third-order valence-corrected chi connectivity index (χ3v) is 5.27. The van der Waals surface area contributed by atoms with E-state index in [4.69, 9.17) is 14.2 Å². The first-order chi connectivity index (χ1) is 14.5. The SMILES string of the molecule is COC(=O)c1sc(N/N=C\c2cccc(OC)c2OCc2cccc(C)c2)nc1C. The summed E-state index contributed by atoms with van der Waals surface area (Å²) in [5.74, 6) is 0.795. The Morgan fingerprint density at radius 2 is 2.00 bits per heavy atom. The van der Waals surface area contributed by atoms with Crippen molar-refractivity contribution in [3.8, 4) is 11.5 Å². The molecular weight excluding hydrogens is 402 g/mol. The van der Waals surface area contributed by atoms with Crippen molar-refractivity contribution < 1.29 is 19.0 Å². The van der Waals surface area contributed by atoms with Crippen LogP contribution in [0.2, 0.25) is 0 Å². The van der Waals surface area contributed by atoms with E-state index in [2.05, 4.69) is 21.6 Å². The molecule has 3 rings (SSSR count). The third kappa shape index (κ3) is 5.15. The zero-order chi connectivity index (χ0) is 21.5. The van der Waals surface area contributed by atoms with E-state index in [1.807, 2.05) is 43.3 Å². The molecular formula is C22H23N3O4S. The molecule has 156 valence electrons. The van der Waals surface area contributed by atoms with Gasteiger partial charge in [-0.15, -0.1) is 0 Å². The van der Waals surface area contributed by atoms with E-state index in [9.17, 15) is 4.79 Å². The molecule has 0 amide bonds. The molecule has 0 aliphatic carbocycles. The van der Waals surface area contributed by atoms with Crippen molar-refractivity contribution in [2.24, 2.45) is 5.10 Å². The quantitative estimate of drug-likeness (QED) is 0.323. The van der Waals surface area contributed by atoms with Gasteiger partial charge in [-0.1, -0.05) is 47.2 Å². The second kappa shape index (κ2) is 9.89. The predicted octanol–water partition coefficient (Wildman–Crippen LogP) is 4.58. The summed E-state index contributed by atoms with van der Waals surface area (Å²) in [5, 5.41) is 4.74. The molecule has 0 spiro atoms. The Morgan fingerprint density at radius 1 is 1.20 bits per heavy atom. The van der Waals surface area contributed by atoms with Gasteiger partial charge in [-0.25, -0.2) is 9.78 Å². The van der Waals surface area contributed by atoms with Gasteiger partial charge in [0.15, 0.2) is 11.5 Å². The normalized spacial score (nSPS) is 10.8. The number of benzene rings is 2. The van der Waals surface area contributed by atoms with E-state index in [0.717, 1.165) is 11.1 Å². The molecule has 1 aromatic heterocycles. The molecule has 0 atom stereocenters. The van der Waals surface area contributed by atoms with Gasteiger partial charge in [0.2, 0.25) is 5.13 Å². The first-order valence-corrected chi connectivity index (χ1v) is 10.0. The van der Waals surface area contributed by atoms with E-state index in [0.29, 0.717) is 33.8 Å². The Bertz CT molecular complexity index is 1060. The van der Waals surface area contributed by atoms with Gasteiger partial charge in [0.25, 0.3) is 0 Å². The molecule has 1 N–H and O–H groups in total. The van der Waals surface area contributed by atoms with E-state index < -0.39 is 5.97 Å². The van der Waals surface area contributed by atoms with Crippen LogP contribution in [0, 0.1) is 13.8 Å². The average molecular weight is 426 g/mol. The summed E-state index contributed by atoms with van der Waals surface area (Å²) in [5.41, 5.74) is 6.43. The number of aromatic nitrogens is 1. The summed E-state index contributed by atoms with van der Waals surface area (Å²) in [4.78, 5) is 16.5. The Kier molecular flexibility index (Phi) is 7.03. The van der Waals surface area contributed by atoms with Crippen molar-refractivity contribution in [1.82, 2.24) is 4.98 Å². The highest BCUT2D eigenvalue weighted by Crippen LogP contribution is 2.31. The smallest absolute Gasteiger partial charge is 0.350 e. The zero-order valence-electron chi connectivity index (χ0n) is 17.3. The predicted molar refractivity (Wildman–Crippen MR) is 118 cm³/mol. The topological polar surface area (TPSA) is 82.0 Å². The number of carbonyl (C=O) groups is 1. The number of esters is 1. The fourth-order valence-corrected chi connectivity index (χ4v) is 3.62. The number of ether oxygens (including phenoxy) is 3. The molecule has 8 heteroatoms. The minimum absolute atomic E-state index is 0.407. The highest BCUT2D eigenvalue weighted by molar-refractivity contribution is 7.17. The molecule has 30 heavy (non-hydrogen) atoms. The summed E-state index contributed by atoms with van der Waals surface area (Å²) < 4.78 is 16.3. The van der Waals surface area contributed by atoms with Crippen molar-refractivity contribution in [2.75, 3.05) is 19.6 Å². The molecule has 3 aromatic rings. The number of hydrogen-bond donors (Lipinski definition) is 1. The Hall–Kier alpha value is -3.39. The van der Waals surface area contributed by atoms with Crippen molar-refractivity contribution >= 4 is 28.7 Å². The molecule has 0 fully saturated rings. The number of rotatable bonds is 8. The monoisotopic (exact) mass is 425 g/mol. The lowest BCUT2D eigenvalue weighted by Crippen LogP contribution is -2.01. The van der Waals surface area contributed by atoms with Crippen LogP contribution in [-0.2, 0) is 11.3 Å². The van der Waals surface area contributed by atoms with Crippen LogP contribution in [-0.4, -0.2) is 31.4 Å². The minimum Gasteiger partial charge on any atom is -0.493 e. The first-order valence-electron chi connectivity index (χ1n) is 9.22. The number of thiazole rings is 1. The van der Waals surface area contributed by atoms with E-state index in [-0.39, 0.29) is 0 Å². The molecule has 1 heterocycles. The third-order valence-electron chi connectivity index (χ3n) is 4.23. The number of hydrogen-bond acceptors (Lipinski definition) is 8. The maximum absolute atomic E-state index is 11.7. The molecule has 2 aromatic carbocycles. The van der Waals surface area contributed by atoms with Gasteiger partial charge in [0, 0.05) is 5.56 Å². The summed E-state index contributed by atoms with van der Waals surface area (Å²) in [6, 6.07) is 13.7. The van der Waals surface area contributed by atoms with Crippen LogP contribution in [0.1, 0.15) is 32.1 Å². The molecule has 0 radical (unpaired) electrons. The van der Waals surface area contributed by atoms with Gasteiger partial charge in [0.05, 0.1) is 26.1 Å². The molecule has 0 saturated carbocycles. The van der Waals surface area contributed by atoms with Crippen molar-refractivity contribution in [3.63, 3.8) is 0 Å². The lowest BCUT2D eigenvalue weighted by atomic mass is 10.1. The number of methoxy groups -OCH3 is 2. The number of para-hydroxylation sites is 1. The van der Waals surface area contributed by atoms with E-state index >= 15 is 0 Å². The number of aryl methyl sites for hydroxylation is 2. The summed E-state index contributed by atoms with van der Waals surface area (Å²) in [6.45, 7) is 4.20. The molecule has 0 unspecified atom stereocenters. The molecule has 0 aliphatic heterocycles. The van der Waals surface area contributed by atoms with Gasteiger partial charge in [-0.05, 0) is 31.5 Å². The van der Waals surface area contributed by atoms with Crippen LogP contribution in [0.3, 0.4) is 0 Å². The van der Waals surface area contributed by atoms with Crippen LogP contribution in [0.4, 0.5) is 5.13 Å². The van der Waals surface area contributed by atoms with Crippen LogP contribution in [0.15, 0.2) is 47.6 Å². The lowest BCUT2D eigenvalue weighted by Gasteiger charge is -2.13. The largest absolute Gasteiger partial charge is 0.493 e. The summed E-state index contributed by atoms with van der Waals surface area (Å²) >= 11 is 1.18. The molecule has 0 aliphatic rings. The van der Waals surface area contributed by atoms with Crippen molar-refractivity contribution in [2.45, 2.75) is 20.5 Å². The number of nitrogens with one attached hydrogen (secondary N) is 1. The average Bonchev–Trinajstić information content (AvgIpc) is 3.12. The van der Waals surface area contributed by atoms with Crippen LogP contribution in [0.25, 0.3) is 0 Å². The number of hydrazone groups is 1. The van der Waals surface area contributed by atoms with E-state index in [1.165, 1.54) is 24.0 Å². The Balaban J connectivity index is 1.76. The second-order valence-electron chi connectivity index (χ2n) is 6.45. The zero-order valence-corrected chi connectivity index (χ0v) is 18.1. The molecule has 0 bridgehead atoms. The number of nitrogens with zero attached hydrogens (tertiary/aromatic N) is 2. The maximum Gasteiger partial charge on any atom is 0.350 e. The van der Waals surface area contributed by atoms with Gasteiger partial charge in [-0.2, -0.15) is 5.10 Å². The van der Waals surface area contributed by atoms with Crippen LogP contribution >= 0.6 is 11.3 Å². The lowest BCUT2D eigenvalue weighted by molar-refractivity contribution is 0.0605. The summed E-state index contributed by atoms with van der Waals surface area (Å²) in [7, 11) is 2.94. The van der Waals surface area contributed by atoms with Gasteiger partial charge in [0.1, 0.15) is 11.5 Å². The minimum atomic E-state index is -0.415. The second-order valence-corrected chi connectivity index (χ2v) is 7.45. The van der Waals surface area contributed by atoms with Crippen molar-refractivity contribution in [1.29, 1.82) is 0 Å². The van der Waals surface area contributed by atoms with Crippen molar-refractivity contribution in [3.05, 3.63) is 69.7 Å². The standard InChI is InChI=1S/C22H23N3O4S/c1-14-7-5-8-16(11-14)13-29-19-17(9-6-10-18(19)27-3)12-23-25-22-24-15(2)20(30-22)21(26)28-4/h5-12H,13H2,1-4H3,(H,24,25)/b23-12-. The maximum atomic E-state index is 11.7. The van der Waals surface area contributed by atoms with Crippen LogP contribution < -0.4 is 14.9 Å².